The minimum Gasteiger partial charge on any atom is -0.492 e. The predicted molar refractivity (Wildman–Crippen MR) is 68.8 cm³/mol. The lowest BCUT2D eigenvalue weighted by molar-refractivity contribution is 0.0691. The number of nitrogens with zero attached hydrogens (tertiary/aromatic N) is 2. The maximum atomic E-state index is 10.6. The lowest BCUT2D eigenvalue weighted by Gasteiger charge is -2.06. The van der Waals surface area contributed by atoms with Gasteiger partial charge in [-0.1, -0.05) is 15.9 Å². The fourth-order valence-corrected chi connectivity index (χ4v) is 1.66. The minimum atomic E-state index is -1.03. The van der Waals surface area contributed by atoms with Gasteiger partial charge in [-0.05, 0) is 24.3 Å². The van der Waals surface area contributed by atoms with Gasteiger partial charge in [-0.2, -0.15) is 0 Å². The highest BCUT2D eigenvalue weighted by molar-refractivity contribution is 9.10. The highest BCUT2D eigenvalue weighted by Crippen LogP contribution is 2.15. The van der Waals surface area contributed by atoms with E-state index in [4.69, 9.17) is 9.84 Å². The normalized spacial score (nSPS) is 10.3. The van der Waals surface area contributed by atoms with Gasteiger partial charge in [-0.3, -0.25) is 0 Å². The van der Waals surface area contributed by atoms with E-state index in [2.05, 4.69) is 20.9 Å². The molecule has 2 aromatic rings. The van der Waals surface area contributed by atoms with Gasteiger partial charge in [-0.25, -0.2) is 9.78 Å². The summed E-state index contributed by atoms with van der Waals surface area (Å²) in [5.41, 5.74) is 0.0404. The lowest BCUT2D eigenvalue weighted by Crippen LogP contribution is -2.06. The third kappa shape index (κ3) is 3.33. The molecule has 18 heavy (non-hydrogen) atoms. The van der Waals surface area contributed by atoms with E-state index < -0.39 is 5.97 Å². The highest BCUT2D eigenvalue weighted by Gasteiger charge is 2.05. The Kier molecular flexibility index (Phi) is 3.99. The average molecular weight is 311 g/mol. The molecule has 0 aliphatic rings. The first-order valence-electron chi connectivity index (χ1n) is 5.28. The van der Waals surface area contributed by atoms with Gasteiger partial charge >= 0.3 is 5.97 Å². The topological polar surface area (TPSA) is 64.3 Å². The molecular formula is C12H11BrN2O3. The van der Waals surface area contributed by atoms with E-state index in [0.717, 1.165) is 10.2 Å². The number of halogens is 1. The second kappa shape index (κ2) is 5.68. The monoisotopic (exact) mass is 310 g/mol. The van der Waals surface area contributed by atoms with Gasteiger partial charge < -0.3 is 14.4 Å². The van der Waals surface area contributed by atoms with E-state index in [9.17, 15) is 4.79 Å². The zero-order valence-electron chi connectivity index (χ0n) is 9.41. The van der Waals surface area contributed by atoms with Gasteiger partial charge in [0.25, 0.3) is 0 Å². The molecule has 0 fully saturated rings. The molecule has 1 N–H and O–H groups in total. The first-order chi connectivity index (χ1) is 8.65. The highest BCUT2D eigenvalue weighted by atomic mass is 79.9. The van der Waals surface area contributed by atoms with Crippen molar-refractivity contribution < 1.29 is 14.6 Å². The minimum absolute atomic E-state index is 0.0404. The maximum Gasteiger partial charge on any atom is 0.356 e. The molecule has 0 unspecified atom stereocenters. The Bertz CT molecular complexity index is 537. The summed E-state index contributed by atoms with van der Waals surface area (Å²) >= 11 is 3.34. The second-order valence-electron chi connectivity index (χ2n) is 3.60. The van der Waals surface area contributed by atoms with Gasteiger partial charge in [-0.15, -0.1) is 0 Å². The number of carboxylic acids is 1. The van der Waals surface area contributed by atoms with Crippen LogP contribution >= 0.6 is 15.9 Å². The molecule has 0 aliphatic heterocycles. The average Bonchev–Trinajstić information content (AvgIpc) is 2.81. The third-order valence-electron chi connectivity index (χ3n) is 2.28. The Labute approximate surface area is 112 Å². The Morgan fingerprint density at radius 2 is 2.11 bits per heavy atom. The number of rotatable bonds is 5. The van der Waals surface area contributed by atoms with Crippen molar-refractivity contribution >= 4 is 21.9 Å². The van der Waals surface area contributed by atoms with Crippen molar-refractivity contribution in [1.82, 2.24) is 9.55 Å². The Morgan fingerprint density at radius 1 is 1.39 bits per heavy atom. The molecule has 0 aliphatic carbocycles. The predicted octanol–water partition coefficient (Wildman–Crippen LogP) is 2.42. The van der Waals surface area contributed by atoms with Crippen molar-refractivity contribution in [2.75, 3.05) is 6.61 Å². The van der Waals surface area contributed by atoms with E-state index in [0.29, 0.717) is 13.2 Å². The summed E-state index contributed by atoms with van der Waals surface area (Å²) < 4.78 is 8.20. The van der Waals surface area contributed by atoms with Crippen LogP contribution in [0.2, 0.25) is 0 Å². The molecule has 0 radical (unpaired) electrons. The zero-order chi connectivity index (χ0) is 13.0. The van der Waals surface area contributed by atoms with Crippen molar-refractivity contribution in [1.29, 1.82) is 0 Å². The number of carbonyl (C=O) groups is 1. The number of hydrogen-bond donors (Lipinski definition) is 1. The van der Waals surface area contributed by atoms with Gasteiger partial charge in [0, 0.05) is 10.7 Å². The molecule has 6 heteroatoms. The molecule has 0 saturated heterocycles. The van der Waals surface area contributed by atoms with Crippen molar-refractivity contribution in [3.63, 3.8) is 0 Å². The van der Waals surface area contributed by atoms with Crippen LogP contribution in [0.15, 0.2) is 41.3 Å². The van der Waals surface area contributed by atoms with Crippen LogP contribution in [-0.4, -0.2) is 27.2 Å². The maximum absolute atomic E-state index is 10.6. The smallest absolute Gasteiger partial charge is 0.356 e. The van der Waals surface area contributed by atoms with E-state index in [1.807, 2.05) is 24.3 Å². The molecule has 0 atom stereocenters. The molecule has 5 nitrogen and oxygen atoms in total. The summed E-state index contributed by atoms with van der Waals surface area (Å²) in [4.78, 5) is 14.4. The van der Waals surface area contributed by atoms with E-state index in [-0.39, 0.29) is 5.69 Å². The standard InChI is InChI=1S/C12H11BrN2O3/c13-9-1-3-10(4-2-9)18-6-5-15-7-11(12(16)17)14-8-15/h1-4,7-8H,5-6H2,(H,16,17). The largest absolute Gasteiger partial charge is 0.492 e. The Balaban J connectivity index is 1.84. The number of aromatic nitrogens is 2. The van der Waals surface area contributed by atoms with Crippen LogP contribution in [0.25, 0.3) is 0 Å². The summed E-state index contributed by atoms with van der Waals surface area (Å²) in [7, 11) is 0. The molecular weight excluding hydrogens is 300 g/mol. The fraction of sp³-hybridized carbons (Fsp3) is 0.167. The molecule has 94 valence electrons. The first-order valence-corrected chi connectivity index (χ1v) is 6.08. The number of hydrogen-bond acceptors (Lipinski definition) is 3. The van der Waals surface area contributed by atoms with Crippen molar-refractivity contribution in [3.8, 4) is 5.75 Å². The number of imidazole rings is 1. The fourth-order valence-electron chi connectivity index (χ4n) is 1.39. The van der Waals surface area contributed by atoms with Crippen LogP contribution in [0.3, 0.4) is 0 Å². The number of carboxylic acid groups (broad SMARTS) is 1. The summed E-state index contributed by atoms with van der Waals surface area (Å²) in [6, 6.07) is 7.52. The molecule has 1 aromatic heterocycles. The van der Waals surface area contributed by atoms with Crippen LogP contribution in [0.1, 0.15) is 10.5 Å². The molecule has 0 amide bonds. The van der Waals surface area contributed by atoms with E-state index in [1.54, 1.807) is 4.57 Å². The van der Waals surface area contributed by atoms with Crippen LogP contribution in [-0.2, 0) is 6.54 Å². The molecule has 0 saturated carbocycles. The number of ether oxygens (including phenoxy) is 1. The van der Waals surface area contributed by atoms with E-state index in [1.165, 1.54) is 12.5 Å². The summed E-state index contributed by atoms with van der Waals surface area (Å²) in [5.74, 6) is -0.251. The molecule has 1 heterocycles. The van der Waals surface area contributed by atoms with Crippen LogP contribution in [0.4, 0.5) is 0 Å². The molecule has 0 spiro atoms. The molecule has 0 bridgehead atoms. The zero-order valence-corrected chi connectivity index (χ0v) is 11.0. The van der Waals surface area contributed by atoms with Gasteiger partial charge in [0.1, 0.15) is 12.4 Å². The lowest BCUT2D eigenvalue weighted by atomic mass is 10.3. The summed E-state index contributed by atoms with van der Waals surface area (Å²) in [5, 5.41) is 8.72. The third-order valence-corrected chi connectivity index (χ3v) is 2.81. The Morgan fingerprint density at radius 3 is 2.72 bits per heavy atom. The number of aromatic carboxylic acids is 1. The van der Waals surface area contributed by atoms with Gasteiger partial charge in [0.05, 0.1) is 12.9 Å². The van der Waals surface area contributed by atoms with Gasteiger partial charge in [0.15, 0.2) is 5.69 Å². The quantitative estimate of drug-likeness (QED) is 0.921. The molecule has 2 rings (SSSR count). The van der Waals surface area contributed by atoms with Crippen molar-refractivity contribution in [3.05, 3.63) is 47.0 Å². The van der Waals surface area contributed by atoms with Crippen molar-refractivity contribution in [2.24, 2.45) is 0 Å². The van der Waals surface area contributed by atoms with Gasteiger partial charge in [0.2, 0.25) is 0 Å². The Hall–Kier alpha value is -1.82. The summed E-state index contributed by atoms with van der Waals surface area (Å²) in [6.45, 7) is 1.01. The van der Waals surface area contributed by atoms with Crippen LogP contribution in [0, 0.1) is 0 Å². The SMILES string of the molecule is O=C(O)c1cn(CCOc2ccc(Br)cc2)cn1. The van der Waals surface area contributed by atoms with Crippen molar-refractivity contribution in [2.45, 2.75) is 6.54 Å². The van der Waals surface area contributed by atoms with E-state index >= 15 is 0 Å². The second-order valence-corrected chi connectivity index (χ2v) is 4.52. The van der Waals surface area contributed by atoms with Crippen LogP contribution < -0.4 is 4.74 Å². The molecule has 1 aromatic carbocycles. The van der Waals surface area contributed by atoms with Crippen LogP contribution in [0.5, 0.6) is 5.75 Å². The number of benzene rings is 1. The first kappa shape index (κ1) is 12.6. The summed E-state index contributed by atoms with van der Waals surface area (Å²) in [6.07, 6.45) is 2.96.